The lowest BCUT2D eigenvalue weighted by Gasteiger charge is -2.03. The normalized spacial score (nSPS) is 13.3. The number of amides is 1. The summed E-state index contributed by atoms with van der Waals surface area (Å²) in [7, 11) is 0. The first kappa shape index (κ1) is 9.77. The number of hydrogen-bond acceptors (Lipinski definition) is 3. The molecule has 2 aromatic rings. The predicted octanol–water partition coefficient (Wildman–Crippen LogP) is 0.931. The lowest BCUT2D eigenvalue weighted by molar-refractivity contribution is -0.115. The molecule has 0 radical (unpaired) electrons. The largest absolute Gasteiger partial charge is 0.345 e. The van der Waals surface area contributed by atoms with Crippen molar-refractivity contribution in [2.75, 3.05) is 5.32 Å². The van der Waals surface area contributed by atoms with Gasteiger partial charge in [-0.15, -0.1) is 0 Å². The van der Waals surface area contributed by atoms with Gasteiger partial charge in [-0.1, -0.05) is 6.07 Å². The van der Waals surface area contributed by atoms with Crippen LogP contribution in [-0.2, 0) is 11.2 Å². The lowest BCUT2D eigenvalue weighted by atomic mass is 10.1. The second kappa shape index (κ2) is 3.55. The Morgan fingerprint density at radius 2 is 2.06 bits per heavy atom. The Kier molecular flexibility index (Phi) is 2.04. The molecule has 84 valence electrons. The molecule has 0 fully saturated rings. The number of hydrogen-bond donors (Lipinski definition) is 2. The molecule has 3 rings (SSSR count). The van der Waals surface area contributed by atoms with Crippen LogP contribution in [0.1, 0.15) is 5.56 Å². The Bertz CT molecular complexity index is 661. The van der Waals surface area contributed by atoms with E-state index in [4.69, 9.17) is 0 Å². The molecule has 17 heavy (non-hydrogen) atoms. The maximum absolute atomic E-state index is 11.2. The molecule has 1 aliphatic heterocycles. The topological polar surface area (TPSA) is 74.8 Å². The van der Waals surface area contributed by atoms with E-state index < -0.39 is 0 Å². The van der Waals surface area contributed by atoms with Crippen LogP contribution in [0.4, 0.5) is 5.69 Å². The van der Waals surface area contributed by atoms with Gasteiger partial charge in [-0.25, -0.2) is 9.78 Å². The number of anilines is 1. The summed E-state index contributed by atoms with van der Waals surface area (Å²) in [5.74, 6) is 0.000344. The Hall–Kier alpha value is -2.43. The van der Waals surface area contributed by atoms with Crippen molar-refractivity contribution in [2.24, 2.45) is 0 Å². The van der Waals surface area contributed by atoms with Crippen LogP contribution in [0.3, 0.4) is 0 Å². The molecule has 0 spiro atoms. The lowest BCUT2D eigenvalue weighted by Crippen LogP contribution is -2.09. The molecule has 1 amide bonds. The molecule has 2 N–H and O–H groups in total. The van der Waals surface area contributed by atoms with Crippen molar-refractivity contribution in [1.82, 2.24) is 9.97 Å². The molecular formula is C12H9N3O2. The smallest absolute Gasteiger partial charge is 0.326 e. The molecule has 5 heteroatoms. The fourth-order valence-corrected chi connectivity index (χ4v) is 1.93. The van der Waals surface area contributed by atoms with Gasteiger partial charge < -0.3 is 10.3 Å². The van der Waals surface area contributed by atoms with Crippen LogP contribution in [0.2, 0.25) is 0 Å². The maximum Gasteiger partial charge on any atom is 0.345 e. The number of fused-ring (bicyclic) bond motifs is 1. The van der Waals surface area contributed by atoms with E-state index in [0.29, 0.717) is 12.1 Å². The summed E-state index contributed by atoms with van der Waals surface area (Å²) in [6.07, 6.45) is 1.85. The highest BCUT2D eigenvalue weighted by atomic mass is 16.2. The zero-order valence-electron chi connectivity index (χ0n) is 8.86. The number of H-pyrrole nitrogens is 1. The third-order valence-corrected chi connectivity index (χ3v) is 2.72. The molecule has 0 atom stereocenters. The summed E-state index contributed by atoms with van der Waals surface area (Å²) in [5, 5.41) is 2.76. The van der Waals surface area contributed by atoms with Crippen molar-refractivity contribution in [3.63, 3.8) is 0 Å². The second-order valence-corrected chi connectivity index (χ2v) is 3.89. The monoisotopic (exact) mass is 227 g/mol. The highest BCUT2D eigenvalue weighted by molar-refractivity contribution is 5.99. The van der Waals surface area contributed by atoms with Gasteiger partial charge in [0.1, 0.15) is 0 Å². The van der Waals surface area contributed by atoms with Gasteiger partial charge in [0.15, 0.2) is 0 Å². The number of carbonyl (C=O) groups is 1. The van der Waals surface area contributed by atoms with E-state index in [0.717, 1.165) is 16.8 Å². The van der Waals surface area contributed by atoms with E-state index in [-0.39, 0.29) is 11.6 Å². The van der Waals surface area contributed by atoms with E-state index >= 15 is 0 Å². The van der Waals surface area contributed by atoms with Crippen molar-refractivity contribution in [2.45, 2.75) is 6.42 Å². The number of carbonyl (C=O) groups excluding carboxylic acids is 1. The number of nitrogens with zero attached hydrogens (tertiary/aromatic N) is 1. The fourth-order valence-electron chi connectivity index (χ4n) is 1.93. The molecule has 5 nitrogen and oxygen atoms in total. The standard InChI is InChI=1S/C12H9N3O2/c16-11-6-8-5-7(1-2-9(8)14-11)10-3-4-13-12(17)15-10/h1-5H,6H2,(H,14,16)(H,13,15,17). The number of rotatable bonds is 1. The zero-order chi connectivity index (χ0) is 11.8. The van der Waals surface area contributed by atoms with Crippen LogP contribution in [0, 0.1) is 0 Å². The van der Waals surface area contributed by atoms with Crippen molar-refractivity contribution < 1.29 is 4.79 Å². The van der Waals surface area contributed by atoms with Crippen molar-refractivity contribution in [3.8, 4) is 11.3 Å². The molecule has 0 bridgehead atoms. The molecule has 0 saturated carbocycles. The van der Waals surface area contributed by atoms with Gasteiger partial charge >= 0.3 is 5.69 Å². The Labute approximate surface area is 96.5 Å². The highest BCUT2D eigenvalue weighted by Crippen LogP contribution is 2.27. The fraction of sp³-hybridized carbons (Fsp3) is 0.0833. The Balaban J connectivity index is 2.09. The number of aromatic nitrogens is 2. The van der Waals surface area contributed by atoms with E-state index in [1.165, 1.54) is 6.20 Å². The molecule has 1 aromatic carbocycles. The predicted molar refractivity (Wildman–Crippen MR) is 62.6 cm³/mol. The summed E-state index contributed by atoms with van der Waals surface area (Å²) >= 11 is 0. The average Bonchev–Trinajstić information content (AvgIpc) is 2.68. The minimum absolute atomic E-state index is 0.000344. The van der Waals surface area contributed by atoms with E-state index in [9.17, 15) is 9.59 Å². The quantitative estimate of drug-likeness (QED) is 0.761. The molecule has 0 saturated heterocycles. The van der Waals surface area contributed by atoms with Crippen LogP contribution in [0.25, 0.3) is 11.3 Å². The maximum atomic E-state index is 11.2. The van der Waals surface area contributed by atoms with Gasteiger partial charge in [0.2, 0.25) is 5.91 Å². The third kappa shape index (κ3) is 1.71. The van der Waals surface area contributed by atoms with Crippen LogP contribution < -0.4 is 11.0 Å². The van der Waals surface area contributed by atoms with Gasteiger partial charge in [-0.05, 0) is 29.3 Å². The van der Waals surface area contributed by atoms with E-state index in [1.807, 2.05) is 18.2 Å². The summed E-state index contributed by atoms with van der Waals surface area (Å²) in [4.78, 5) is 28.6. The molecule has 1 aliphatic rings. The van der Waals surface area contributed by atoms with Gasteiger partial charge in [-0.2, -0.15) is 0 Å². The van der Waals surface area contributed by atoms with E-state index in [1.54, 1.807) is 6.07 Å². The minimum Gasteiger partial charge on any atom is -0.326 e. The average molecular weight is 227 g/mol. The molecular weight excluding hydrogens is 218 g/mol. The third-order valence-electron chi connectivity index (χ3n) is 2.72. The summed E-state index contributed by atoms with van der Waals surface area (Å²) in [5.41, 5.74) is 2.99. The number of benzene rings is 1. The molecule has 0 aliphatic carbocycles. The van der Waals surface area contributed by atoms with Crippen LogP contribution in [-0.4, -0.2) is 15.9 Å². The minimum atomic E-state index is -0.378. The molecule has 1 aromatic heterocycles. The van der Waals surface area contributed by atoms with Gasteiger partial charge in [0, 0.05) is 11.9 Å². The van der Waals surface area contributed by atoms with Gasteiger partial charge in [0.25, 0.3) is 0 Å². The first-order valence-corrected chi connectivity index (χ1v) is 5.21. The van der Waals surface area contributed by atoms with Crippen molar-refractivity contribution >= 4 is 11.6 Å². The first-order valence-electron chi connectivity index (χ1n) is 5.21. The zero-order valence-corrected chi connectivity index (χ0v) is 8.86. The van der Waals surface area contributed by atoms with Crippen LogP contribution in [0.5, 0.6) is 0 Å². The summed E-state index contributed by atoms with van der Waals surface area (Å²) < 4.78 is 0. The first-order chi connectivity index (χ1) is 8.22. The van der Waals surface area contributed by atoms with Crippen LogP contribution in [0.15, 0.2) is 35.3 Å². The van der Waals surface area contributed by atoms with Crippen molar-refractivity contribution in [3.05, 3.63) is 46.5 Å². The van der Waals surface area contributed by atoms with Gasteiger partial charge in [0.05, 0.1) is 12.1 Å². The number of nitrogens with one attached hydrogen (secondary N) is 2. The summed E-state index contributed by atoms with van der Waals surface area (Å²) in [6, 6.07) is 7.33. The highest BCUT2D eigenvalue weighted by Gasteiger charge is 2.17. The van der Waals surface area contributed by atoms with Crippen LogP contribution >= 0.6 is 0 Å². The van der Waals surface area contributed by atoms with Crippen molar-refractivity contribution in [1.29, 1.82) is 0 Å². The summed E-state index contributed by atoms with van der Waals surface area (Å²) in [6.45, 7) is 0. The second-order valence-electron chi connectivity index (χ2n) is 3.89. The van der Waals surface area contributed by atoms with E-state index in [2.05, 4.69) is 15.3 Å². The Morgan fingerprint density at radius 1 is 1.18 bits per heavy atom. The molecule has 2 heterocycles. The SMILES string of the molecule is O=C1Cc2cc(-c3ccnc(=O)[nH]3)ccc2N1. The van der Waals surface area contributed by atoms with Gasteiger partial charge in [-0.3, -0.25) is 4.79 Å². The molecule has 0 unspecified atom stereocenters. The Morgan fingerprint density at radius 3 is 2.88 bits per heavy atom. The number of aromatic amines is 1.